The summed E-state index contributed by atoms with van der Waals surface area (Å²) in [5.41, 5.74) is 2.81. The standard InChI is InChI=1S/C16H25BrN2S/c1-4-7-18-13(3)15-6-5-14(17)10-16(15)19-8-9-20-12(2)11-19/h5-6,10,12-13,18H,4,7-9,11H2,1-3H3. The van der Waals surface area contributed by atoms with Crippen LogP contribution in [0.2, 0.25) is 0 Å². The highest BCUT2D eigenvalue weighted by molar-refractivity contribution is 9.10. The van der Waals surface area contributed by atoms with Crippen molar-refractivity contribution in [1.82, 2.24) is 5.32 Å². The van der Waals surface area contributed by atoms with E-state index in [1.165, 1.54) is 27.9 Å². The van der Waals surface area contributed by atoms with E-state index in [4.69, 9.17) is 0 Å². The van der Waals surface area contributed by atoms with Crippen LogP contribution in [0.25, 0.3) is 0 Å². The third kappa shape index (κ3) is 4.15. The third-order valence-electron chi connectivity index (χ3n) is 3.74. The minimum absolute atomic E-state index is 0.405. The number of nitrogens with one attached hydrogen (secondary N) is 1. The smallest absolute Gasteiger partial charge is 0.0426 e. The van der Waals surface area contributed by atoms with Crippen molar-refractivity contribution >= 4 is 33.4 Å². The number of hydrogen-bond donors (Lipinski definition) is 1. The normalized spacial score (nSPS) is 21.0. The Morgan fingerprint density at radius 2 is 2.30 bits per heavy atom. The van der Waals surface area contributed by atoms with Crippen molar-refractivity contribution in [2.45, 2.75) is 38.5 Å². The van der Waals surface area contributed by atoms with Crippen LogP contribution in [0.4, 0.5) is 5.69 Å². The Morgan fingerprint density at radius 1 is 1.50 bits per heavy atom. The quantitative estimate of drug-likeness (QED) is 0.838. The average Bonchev–Trinajstić information content (AvgIpc) is 2.44. The molecule has 1 fully saturated rings. The number of nitrogens with zero attached hydrogens (tertiary/aromatic N) is 1. The van der Waals surface area contributed by atoms with Crippen LogP contribution >= 0.6 is 27.7 Å². The van der Waals surface area contributed by atoms with E-state index >= 15 is 0 Å². The summed E-state index contributed by atoms with van der Waals surface area (Å²) >= 11 is 5.71. The van der Waals surface area contributed by atoms with Gasteiger partial charge in [0.15, 0.2) is 0 Å². The summed E-state index contributed by atoms with van der Waals surface area (Å²) in [5.74, 6) is 1.23. The van der Waals surface area contributed by atoms with Gasteiger partial charge in [-0.05, 0) is 37.6 Å². The molecule has 2 unspecified atom stereocenters. The summed E-state index contributed by atoms with van der Waals surface area (Å²) in [6, 6.07) is 7.11. The Kier molecular flexibility index (Phi) is 6.24. The largest absolute Gasteiger partial charge is 0.369 e. The van der Waals surface area contributed by atoms with Crippen molar-refractivity contribution in [3.05, 3.63) is 28.2 Å². The molecule has 0 saturated carbocycles. The molecule has 1 aromatic rings. The summed E-state index contributed by atoms with van der Waals surface area (Å²) in [4.78, 5) is 2.55. The Balaban J connectivity index is 2.23. The molecule has 0 aromatic heterocycles. The van der Waals surface area contributed by atoms with Gasteiger partial charge in [0.25, 0.3) is 0 Å². The van der Waals surface area contributed by atoms with Gasteiger partial charge in [-0.3, -0.25) is 0 Å². The zero-order valence-corrected chi connectivity index (χ0v) is 15.1. The Bertz CT molecular complexity index is 438. The molecule has 20 heavy (non-hydrogen) atoms. The molecule has 1 aliphatic heterocycles. The van der Waals surface area contributed by atoms with E-state index in [0.717, 1.165) is 24.9 Å². The molecule has 2 atom stereocenters. The summed E-state index contributed by atoms with van der Waals surface area (Å²) in [7, 11) is 0. The maximum atomic E-state index is 3.63. The van der Waals surface area contributed by atoms with Crippen molar-refractivity contribution in [3.63, 3.8) is 0 Å². The maximum Gasteiger partial charge on any atom is 0.0426 e. The van der Waals surface area contributed by atoms with Crippen LogP contribution in [-0.4, -0.2) is 30.6 Å². The predicted octanol–water partition coefficient (Wildman–Crippen LogP) is 4.45. The molecule has 112 valence electrons. The first-order chi connectivity index (χ1) is 9.61. The van der Waals surface area contributed by atoms with E-state index in [0.29, 0.717) is 6.04 Å². The first-order valence-corrected chi connectivity index (χ1v) is 9.35. The highest BCUT2D eigenvalue weighted by atomic mass is 79.9. The monoisotopic (exact) mass is 356 g/mol. The van der Waals surface area contributed by atoms with Gasteiger partial charge in [0.05, 0.1) is 0 Å². The first kappa shape index (κ1) is 16.2. The summed E-state index contributed by atoms with van der Waals surface area (Å²) in [5, 5.41) is 4.33. The number of thioether (sulfide) groups is 1. The molecule has 2 nitrogen and oxygen atoms in total. The van der Waals surface area contributed by atoms with E-state index in [2.05, 4.69) is 76.9 Å². The minimum Gasteiger partial charge on any atom is -0.369 e. The lowest BCUT2D eigenvalue weighted by atomic mass is 10.0. The number of hydrogen-bond acceptors (Lipinski definition) is 3. The van der Waals surface area contributed by atoms with Crippen LogP contribution in [0.3, 0.4) is 0 Å². The molecule has 0 amide bonds. The van der Waals surface area contributed by atoms with Crippen LogP contribution in [0.5, 0.6) is 0 Å². The van der Waals surface area contributed by atoms with E-state index < -0.39 is 0 Å². The van der Waals surface area contributed by atoms with Crippen LogP contribution < -0.4 is 10.2 Å². The van der Waals surface area contributed by atoms with Crippen LogP contribution in [-0.2, 0) is 0 Å². The zero-order valence-electron chi connectivity index (χ0n) is 12.7. The molecule has 1 aromatic carbocycles. The number of anilines is 1. The molecule has 2 rings (SSSR count). The molecule has 1 aliphatic rings. The van der Waals surface area contributed by atoms with Gasteiger partial charge in [-0.1, -0.05) is 35.8 Å². The van der Waals surface area contributed by atoms with Gasteiger partial charge in [-0.25, -0.2) is 0 Å². The van der Waals surface area contributed by atoms with Gasteiger partial charge in [0.1, 0.15) is 0 Å². The van der Waals surface area contributed by atoms with Crippen molar-refractivity contribution < 1.29 is 0 Å². The fourth-order valence-electron chi connectivity index (χ4n) is 2.66. The zero-order chi connectivity index (χ0) is 14.5. The summed E-state index contributed by atoms with van der Waals surface area (Å²) < 4.78 is 1.17. The number of benzene rings is 1. The topological polar surface area (TPSA) is 15.3 Å². The molecule has 1 saturated heterocycles. The van der Waals surface area contributed by atoms with Gasteiger partial charge >= 0.3 is 0 Å². The predicted molar refractivity (Wildman–Crippen MR) is 95.0 cm³/mol. The summed E-state index contributed by atoms with van der Waals surface area (Å²) in [6.07, 6.45) is 1.17. The highest BCUT2D eigenvalue weighted by Crippen LogP contribution is 2.32. The molecule has 0 aliphatic carbocycles. The molecule has 1 heterocycles. The van der Waals surface area contributed by atoms with Gasteiger partial charge in [-0.15, -0.1) is 0 Å². The Labute approximate surface area is 135 Å². The lowest BCUT2D eigenvalue weighted by Gasteiger charge is -2.35. The van der Waals surface area contributed by atoms with Crippen LogP contribution in [0.15, 0.2) is 22.7 Å². The fourth-order valence-corrected chi connectivity index (χ4v) is 4.03. The number of rotatable bonds is 5. The molecular formula is C16H25BrN2S. The van der Waals surface area contributed by atoms with E-state index in [1.54, 1.807) is 0 Å². The molecular weight excluding hydrogens is 332 g/mol. The number of halogens is 1. The minimum atomic E-state index is 0.405. The van der Waals surface area contributed by atoms with Gasteiger partial charge < -0.3 is 10.2 Å². The Hall–Kier alpha value is -0.190. The third-order valence-corrected chi connectivity index (χ3v) is 5.37. The van der Waals surface area contributed by atoms with Crippen molar-refractivity contribution in [3.8, 4) is 0 Å². The highest BCUT2D eigenvalue weighted by Gasteiger charge is 2.21. The maximum absolute atomic E-state index is 3.63. The van der Waals surface area contributed by atoms with Crippen molar-refractivity contribution in [2.24, 2.45) is 0 Å². The van der Waals surface area contributed by atoms with Crippen molar-refractivity contribution in [2.75, 3.05) is 30.3 Å². The van der Waals surface area contributed by atoms with E-state index in [1.807, 2.05) is 0 Å². The second-order valence-corrected chi connectivity index (χ2v) is 7.97. The van der Waals surface area contributed by atoms with Gasteiger partial charge in [0.2, 0.25) is 0 Å². The molecule has 0 spiro atoms. The lowest BCUT2D eigenvalue weighted by Crippen LogP contribution is -2.37. The van der Waals surface area contributed by atoms with Gasteiger partial charge in [0, 0.05) is 40.3 Å². The fraction of sp³-hybridized carbons (Fsp3) is 0.625. The van der Waals surface area contributed by atoms with Crippen LogP contribution in [0, 0.1) is 0 Å². The molecule has 0 radical (unpaired) electrons. The summed E-state index contributed by atoms with van der Waals surface area (Å²) in [6.45, 7) is 10.2. The molecule has 4 heteroatoms. The van der Waals surface area contributed by atoms with Crippen molar-refractivity contribution in [1.29, 1.82) is 0 Å². The average molecular weight is 357 g/mol. The second-order valence-electron chi connectivity index (χ2n) is 5.51. The first-order valence-electron chi connectivity index (χ1n) is 7.51. The Morgan fingerprint density at radius 3 is 3.00 bits per heavy atom. The SMILES string of the molecule is CCCNC(C)c1ccc(Br)cc1N1CCSC(C)C1. The van der Waals surface area contributed by atoms with Gasteiger partial charge in [-0.2, -0.15) is 11.8 Å². The van der Waals surface area contributed by atoms with E-state index in [9.17, 15) is 0 Å². The lowest BCUT2D eigenvalue weighted by molar-refractivity contribution is 0.569. The molecule has 0 bridgehead atoms. The van der Waals surface area contributed by atoms with E-state index in [-0.39, 0.29) is 0 Å². The second kappa shape index (κ2) is 7.71. The van der Waals surface area contributed by atoms with Crippen LogP contribution in [0.1, 0.15) is 38.8 Å². The molecule has 1 N–H and O–H groups in total.